The fraction of sp³-hybridized carbons (Fsp3) is 0.241. The van der Waals surface area contributed by atoms with Gasteiger partial charge in [-0.2, -0.15) is 0 Å². The molecule has 1 atom stereocenters. The van der Waals surface area contributed by atoms with Crippen molar-refractivity contribution in [3.05, 3.63) is 118 Å². The van der Waals surface area contributed by atoms with Crippen molar-refractivity contribution in [2.45, 2.75) is 32.8 Å². The van der Waals surface area contributed by atoms with Crippen LogP contribution in [0, 0.1) is 5.92 Å². The summed E-state index contributed by atoms with van der Waals surface area (Å²) in [4.78, 5) is 16.0. The third kappa shape index (κ3) is 4.75. The Morgan fingerprint density at radius 1 is 0.879 bits per heavy atom. The van der Waals surface area contributed by atoms with Crippen LogP contribution in [0.1, 0.15) is 37.6 Å². The van der Waals surface area contributed by atoms with Crippen molar-refractivity contribution in [2.75, 3.05) is 0 Å². The summed E-state index contributed by atoms with van der Waals surface area (Å²) < 4.78 is 7.53. The summed E-state index contributed by atoms with van der Waals surface area (Å²) in [5.41, 5.74) is 5.39. The first kappa shape index (κ1) is 22.5. The fourth-order valence-electron chi connectivity index (χ4n) is 4.15. The summed E-state index contributed by atoms with van der Waals surface area (Å²) in [7, 11) is 1.78. The molecule has 2 aromatic carbocycles. The zero-order valence-electron chi connectivity index (χ0n) is 19.7. The van der Waals surface area contributed by atoms with E-state index in [1.807, 2.05) is 42.6 Å². The lowest BCUT2D eigenvalue weighted by Gasteiger charge is -2.35. The van der Waals surface area contributed by atoms with Crippen LogP contribution in [0.15, 0.2) is 96.1 Å². The van der Waals surface area contributed by atoms with Gasteiger partial charge in [0.1, 0.15) is 12.4 Å². The van der Waals surface area contributed by atoms with E-state index in [-0.39, 0.29) is 11.0 Å². The second-order valence-corrected chi connectivity index (χ2v) is 8.94. The maximum Gasteiger partial charge on any atom is 0.250 e. The smallest absolute Gasteiger partial charge is 0.250 e. The molecule has 0 amide bonds. The summed E-state index contributed by atoms with van der Waals surface area (Å²) in [6.07, 6.45) is 3.66. The molecule has 0 saturated carbocycles. The SMILES string of the molecule is CC(C)C(C)(c1ccc(OCc2ccccn2)cc1)c1ccc(-c2ccc(=O)n(C)c2)cc1. The van der Waals surface area contributed by atoms with Crippen LogP contribution in [-0.2, 0) is 19.1 Å². The van der Waals surface area contributed by atoms with Crippen molar-refractivity contribution in [2.24, 2.45) is 13.0 Å². The Kier molecular flexibility index (Phi) is 6.45. The molecule has 0 aliphatic rings. The summed E-state index contributed by atoms with van der Waals surface area (Å²) in [5, 5.41) is 0. The van der Waals surface area contributed by atoms with Gasteiger partial charge in [-0.05, 0) is 58.5 Å². The van der Waals surface area contributed by atoms with Crippen LogP contribution in [0.2, 0.25) is 0 Å². The van der Waals surface area contributed by atoms with Crippen molar-refractivity contribution in [3.8, 4) is 16.9 Å². The minimum absolute atomic E-state index is 0.00443. The summed E-state index contributed by atoms with van der Waals surface area (Å²) >= 11 is 0. The monoisotopic (exact) mass is 438 g/mol. The van der Waals surface area contributed by atoms with Crippen LogP contribution >= 0.6 is 0 Å². The quantitative estimate of drug-likeness (QED) is 0.356. The number of aromatic nitrogens is 2. The third-order valence-corrected chi connectivity index (χ3v) is 6.63. The Morgan fingerprint density at radius 3 is 2.09 bits per heavy atom. The van der Waals surface area contributed by atoms with E-state index in [9.17, 15) is 4.79 Å². The lowest BCUT2D eigenvalue weighted by atomic mass is 9.68. The molecule has 4 rings (SSSR count). The van der Waals surface area contributed by atoms with E-state index < -0.39 is 0 Å². The zero-order valence-corrected chi connectivity index (χ0v) is 19.7. The molecule has 2 aromatic heterocycles. The van der Waals surface area contributed by atoms with Gasteiger partial charge in [0.05, 0.1) is 5.69 Å². The molecule has 2 heterocycles. The molecular formula is C29H30N2O2. The van der Waals surface area contributed by atoms with Gasteiger partial charge in [0.2, 0.25) is 5.56 Å². The van der Waals surface area contributed by atoms with Gasteiger partial charge in [-0.25, -0.2) is 0 Å². The molecule has 0 aliphatic heterocycles. The van der Waals surface area contributed by atoms with Crippen molar-refractivity contribution in [1.29, 1.82) is 0 Å². The highest BCUT2D eigenvalue weighted by Gasteiger charge is 2.32. The van der Waals surface area contributed by atoms with Crippen LogP contribution in [0.25, 0.3) is 11.1 Å². The molecular weight excluding hydrogens is 408 g/mol. The second kappa shape index (κ2) is 9.45. The molecule has 1 unspecified atom stereocenters. The van der Waals surface area contributed by atoms with Crippen molar-refractivity contribution in [1.82, 2.24) is 9.55 Å². The van der Waals surface area contributed by atoms with Gasteiger partial charge in [0, 0.05) is 30.9 Å². The van der Waals surface area contributed by atoms with Gasteiger partial charge in [-0.1, -0.05) is 63.2 Å². The van der Waals surface area contributed by atoms with E-state index in [2.05, 4.69) is 62.2 Å². The number of pyridine rings is 2. The summed E-state index contributed by atoms with van der Waals surface area (Å²) in [5.74, 6) is 1.22. The molecule has 4 heteroatoms. The summed E-state index contributed by atoms with van der Waals surface area (Å²) in [6, 6.07) is 26.4. The van der Waals surface area contributed by atoms with Gasteiger partial charge < -0.3 is 9.30 Å². The van der Waals surface area contributed by atoms with Crippen LogP contribution in [0.5, 0.6) is 5.75 Å². The molecule has 0 bridgehead atoms. The van der Waals surface area contributed by atoms with Crippen LogP contribution in [-0.4, -0.2) is 9.55 Å². The maximum atomic E-state index is 11.7. The van der Waals surface area contributed by atoms with Crippen molar-refractivity contribution in [3.63, 3.8) is 0 Å². The molecule has 0 N–H and O–H groups in total. The minimum atomic E-state index is -0.151. The van der Waals surface area contributed by atoms with Gasteiger partial charge in [0.15, 0.2) is 0 Å². The number of ether oxygens (including phenoxy) is 1. The Bertz CT molecular complexity index is 1260. The van der Waals surface area contributed by atoms with Gasteiger partial charge in [-0.15, -0.1) is 0 Å². The zero-order chi connectivity index (χ0) is 23.4. The number of hydrogen-bond donors (Lipinski definition) is 0. The van der Waals surface area contributed by atoms with Crippen molar-refractivity contribution < 1.29 is 4.74 Å². The predicted molar refractivity (Wildman–Crippen MR) is 133 cm³/mol. The lowest BCUT2D eigenvalue weighted by Crippen LogP contribution is -2.30. The van der Waals surface area contributed by atoms with E-state index in [0.29, 0.717) is 12.5 Å². The first-order valence-electron chi connectivity index (χ1n) is 11.3. The first-order chi connectivity index (χ1) is 15.9. The number of aryl methyl sites for hydroxylation is 1. The van der Waals surface area contributed by atoms with Crippen LogP contribution in [0.3, 0.4) is 0 Å². The average molecular weight is 439 g/mol. The molecule has 0 saturated heterocycles. The van der Waals surface area contributed by atoms with E-state index in [1.165, 1.54) is 11.1 Å². The lowest BCUT2D eigenvalue weighted by molar-refractivity contribution is 0.301. The maximum absolute atomic E-state index is 11.7. The molecule has 4 aromatic rings. The number of rotatable bonds is 7. The number of benzene rings is 2. The predicted octanol–water partition coefficient (Wildman–Crippen LogP) is 5.99. The largest absolute Gasteiger partial charge is 0.487 e. The highest BCUT2D eigenvalue weighted by Crippen LogP contribution is 2.40. The molecule has 0 spiro atoms. The Balaban J connectivity index is 1.57. The number of nitrogens with zero attached hydrogens (tertiary/aromatic N) is 2. The topological polar surface area (TPSA) is 44.1 Å². The second-order valence-electron chi connectivity index (χ2n) is 8.94. The third-order valence-electron chi connectivity index (χ3n) is 6.63. The van der Waals surface area contributed by atoms with Gasteiger partial charge >= 0.3 is 0 Å². The summed E-state index contributed by atoms with van der Waals surface area (Å²) in [6.45, 7) is 7.26. The van der Waals surface area contributed by atoms with E-state index in [1.54, 1.807) is 23.9 Å². The molecule has 0 radical (unpaired) electrons. The fourth-order valence-corrected chi connectivity index (χ4v) is 4.15. The van der Waals surface area contributed by atoms with E-state index in [0.717, 1.165) is 22.6 Å². The molecule has 0 fully saturated rings. The first-order valence-corrected chi connectivity index (χ1v) is 11.3. The van der Waals surface area contributed by atoms with E-state index >= 15 is 0 Å². The van der Waals surface area contributed by atoms with Crippen LogP contribution < -0.4 is 10.3 Å². The molecule has 33 heavy (non-hydrogen) atoms. The van der Waals surface area contributed by atoms with Gasteiger partial charge in [-0.3, -0.25) is 9.78 Å². The van der Waals surface area contributed by atoms with Crippen LogP contribution in [0.4, 0.5) is 0 Å². The van der Waals surface area contributed by atoms with Gasteiger partial charge in [0.25, 0.3) is 0 Å². The standard InChI is InChI=1S/C29H30N2O2/c1-21(2)29(3,24-11-8-22(9-12-24)23-10-17-28(32)31(4)19-23)25-13-15-27(16-14-25)33-20-26-7-5-6-18-30-26/h5-19,21H,20H2,1-4H3. The Labute approximate surface area is 195 Å². The number of hydrogen-bond acceptors (Lipinski definition) is 3. The Hall–Kier alpha value is -3.66. The highest BCUT2D eigenvalue weighted by molar-refractivity contribution is 5.63. The van der Waals surface area contributed by atoms with Crippen molar-refractivity contribution >= 4 is 0 Å². The molecule has 4 nitrogen and oxygen atoms in total. The minimum Gasteiger partial charge on any atom is -0.487 e. The Morgan fingerprint density at radius 2 is 1.52 bits per heavy atom. The molecule has 168 valence electrons. The normalized spacial score (nSPS) is 13.0. The highest BCUT2D eigenvalue weighted by atomic mass is 16.5. The average Bonchev–Trinajstić information content (AvgIpc) is 2.85. The van der Waals surface area contributed by atoms with E-state index in [4.69, 9.17) is 4.74 Å². The molecule has 0 aliphatic carbocycles.